The molecular weight excluding hydrogens is 522 g/mol. The van der Waals surface area contributed by atoms with Crippen molar-refractivity contribution < 1.29 is 19.5 Å². The highest BCUT2D eigenvalue weighted by Gasteiger charge is 2.77. The van der Waals surface area contributed by atoms with Crippen LogP contribution in [0.4, 0.5) is 5.69 Å². The SMILES string of the molecule is C=CCN(C)C(=O)[C@@H]1[C@@H]2CC(C)C3(S2)C(C(=O)N(CC=C)c2c(C)cccc2C)N([C@@H](CO)CC(C)C)C(=O)[C@H]13. The van der Waals surface area contributed by atoms with Crippen molar-refractivity contribution in [2.75, 3.05) is 31.6 Å². The number of likely N-dealkylation sites (tertiary alicyclic amines) is 1. The quantitative estimate of drug-likeness (QED) is 0.405. The zero-order chi connectivity index (χ0) is 29.5. The van der Waals surface area contributed by atoms with Gasteiger partial charge in [0.15, 0.2) is 0 Å². The monoisotopic (exact) mass is 567 g/mol. The Hall–Kier alpha value is -2.58. The van der Waals surface area contributed by atoms with Gasteiger partial charge in [-0.15, -0.1) is 24.9 Å². The number of anilines is 1. The van der Waals surface area contributed by atoms with Gasteiger partial charge < -0.3 is 19.8 Å². The molecule has 3 amide bonds. The summed E-state index contributed by atoms with van der Waals surface area (Å²) in [6.45, 7) is 18.4. The van der Waals surface area contributed by atoms with E-state index in [-0.39, 0.29) is 41.4 Å². The molecule has 3 aliphatic rings. The molecule has 3 saturated heterocycles. The molecule has 0 saturated carbocycles. The summed E-state index contributed by atoms with van der Waals surface area (Å²) in [6.07, 6.45) is 4.74. The van der Waals surface area contributed by atoms with Gasteiger partial charge in [0.1, 0.15) is 6.04 Å². The smallest absolute Gasteiger partial charge is 0.251 e. The predicted octanol–water partition coefficient (Wildman–Crippen LogP) is 4.21. The Morgan fingerprint density at radius 1 is 1.18 bits per heavy atom. The Labute approximate surface area is 243 Å². The van der Waals surface area contributed by atoms with Gasteiger partial charge in [0.25, 0.3) is 5.91 Å². The summed E-state index contributed by atoms with van der Waals surface area (Å²) in [5.74, 6) is -1.28. The van der Waals surface area contributed by atoms with Crippen LogP contribution in [0.5, 0.6) is 0 Å². The number of nitrogens with zero attached hydrogens (tertiary/aromatic N) is 3. The van der Waals surface area contributed by atoms with Crippen molar-refractivity contribution in [3.63, 3.8) is 0 Å². The van der Waals surface area contributed by atoms with Crippen LogP contribution in [0.15, 0.2) is 43.5 Å². The maximum Gasteiger partial charge on any atom is 0.251 e. The molecule has 3 unspecified atom stereocenters. The van der Waals surface area contributed by atoms with Crippen molar-refractivity contribution in [3.05, 3.63) is 54.6 Å². The van der Waals surface area contributed by atoms with Crippen LogP contribution in [0, 0.1) is 37.5 Å². The number of benzene rings is 1. The van der Waals surface area contributed by atoms with Crippen LogP contribution in [-0.4, -0.2) is 81.5 Å². The number of aliphatic hydroxyl groups excluding tert-OH is 1. The van der Waals surface area contributed by atoms with Gasteiger partial charge in [0.05, 0.1) is 29.2 Å². The van der Waals surface area contributed by atoms with Crippen LogP contribution in [0.3, 0.4) is 0 Å². The van der Waals surface area contributed by atoms with Gasteiger partial charge in [0, 0.05) is 31.1 Å². The van der Waals surface area contributed by atoms with E-state index in [0.29, 0.717) is 19.5 Å². The van der Waals surface area contributed by atoms with Crippen molar-refractivity contribution in [3.8, 4) is 0 Å². The fourth-order valence-corrected chi connectivity index (χ4v) is 9.97. The molecule has 1 spiro atoms. The van der Waals surface area contributed by atoms with E-state index < -0.39 is 28.7 Å². The number of hydrogen-bond acceptors (Lipinski definition) is 5. The summed E-state index contributed by atoms with van der Waals surface area (Å²) in [5, 5.41) is 10.6. The molecule has 40 heavy (non-hydrogen) atoms. The number of likely N-dealkylation sites (N-methyl/N-ethyl adjacent to an activating group) is 1. The van der Waals surface area contributed by atoms with E-state index in [9.17, 15) is 19.5 Å². The first-order valence-electron chi connectivity index (χ1n) is 14.4. The first-order chi connectivity index (χ1) is 19.0. The molecular formula is C32H45N3O4S. The molecule has 2 bridgehead atoms. The Morgan fingerprint density at radius 2 is 1.80 bits per heavy atom. The maximum absolute atomic E-state index is 15.0. The van der Waals surface area contributed by atoms with Crippen LogP contribution >= 0.6 is 11.8 Å². The van der Waals surface area contributed by atoms with E-state index in [1.54, 1.807) is 45.7 Å². The van der Waals surface area contributed by atoms with E-state index >= 15 is 0 Å². The third-order valence-electron chi connectivity index (χ3n) is 9.12. The molecule has 8 heteroatoms. The van der Waals surface area contributed by atoms with Crippen molar-refractivity contribution in [2.24, 2.45) is 23.7 Å². The highest BCUT2D eigenvalue weighted by atomic mass is 32.2. The van der Waals surface area contributed by atoms with Gasteiger partial charge in [0.2, 0.25) is 11.8 Å². The lowest BCUT2D eigenvalue weighted by molar-refractivity contribution is -0.145. The average Bonchev–Trinajstić information content (AvgIpc) is 3.49. The standard InChI is InChI=1S/C32H45N3O4S/c1-9-14-33(8)29(37)25-24-17-22(7)32(40-24)26(25)30(38)35(23(18-36)16-19(3)4)28(32)31(39)34(15-10-2)27-20(5)12-11-13-21(27)6/h9-13,19,22-26,28,36H,1-2,14-18H2,3-8H3/t22?,23-,24+,25-,26+,28?,32?/m1/s1. The Bertz CT molecular complexity index is 1160. The third kappa shape index (κ3) is 4.71. The molecule has 7 atom stereocenters. The molecule has 3 aliphatic heterocycles. The topological polar surface area (TPSA) is 81.2 Å². The minimum absolute atomic E-state index is 0.0353. The van der Waals surface area contributed by atoms with E-state index in [1.807, 2.05) is 32.0 Å². The van der Waals surface area contributed by atoms with Crippen LogP contribution in [0.25, 0.3) is 0 Å². The third-order valence-corrected chi connectivity index (χ3v) is 11.2. The van der Waals surface area contributed by atoms with E-state index in [2.05, 4.69) is 33.9 Å². The molecule has 0 radical (unpaired) electrons. The number of rotatable bonds is 11. The van der Waals surface area contributed by atoms with Crippen molar-refractivity contribution in [1.82, 2.24) is 9.80 Å². The lowest BCUT2D eigenvalue weighted by Gasteiger charge is -2.42. The number of aliphatic hydroxyl groups is 1. The normalized spacial score (nSPS) is 29.4. The minimum Gasteiger partial charge on any atom is -0.394 e. The second kappa shape index (κ2) is 11.7. The molecule has 1 aromatic carbocycles. The van der Waals surface area contributed by atoms with Gasteiger partial charge >= 0.3 is 0 Å². The van der Waals surface area contributed by atoms with E-state index in [0.717, 1.165) is 23.2 Å². The number of para-hydroxylation sites is 1. The average molecular weight is 568 g/mol. The summed E-state index contributed by atoms with van der Waals surface area (Å²) >= 11 is 1.67. The van der Waals surface area contributed by atoms with Crippen LogP contribution in [0.2, 0.25) is 0 Å². The molecule has 3 heterocycles. The number of hydrogen-bond donors (Lipinski definition) is 1. The fraction of sp³-hybridized carbons (Fsp3) is 0.594. The number of aryl methyl sites for hydroxylation is 2. The number of carbonyl (C=O) groups excluding carboxylic acids is 3. The van der Waals surface area contributed by atoms with Crippen molar-refractivity contribution in [2.45, 2.75) is 69.5 Å². The largest absolute Gasteiger partial charge is 0.394 e. The minimum atomic E-state index is -0.799. The van der Waals surface area contributed by atoms with Gasteiger partial charge in [-0.05, 0) is 49.7 Å². The highest BCUT2D eigenvalue weighted by molar-refractivity contribution is 8.02. The summed E-state index contributed by atoms with van der Waals surface area (Å²) in [5.41, 5.74) is 2.76. The van der Waals surface area contributed by atoms with E-state index in [4.69, 9.17) is 0 Å². The van der Waals surface area contributed by atoms with Gasteiger partial charge in [-0.25, -0.2) is 0 Å². The maximum atomic E-state index is 15.0. The number of amides is 3. The zero-order valence-electron chi connectivity index (χ0n) is 24.8. The van der Waals surface area contributed by atoms with Crippen molar-refractivity contribution in [1.29, 1.82) is 0 Å². The summed E-state index contributed by atoms with van der Waals surface area (Å²) in [6, 6.07) is 4.64. The Morgan fingerprint density at radius 3 is 2.35 bits per heavy atom. The number of thioether (sulfide) groups is 1. The van der Waals surface area contributed by atoms with Gasteiger partial charge in [-0.2, -0.15) is 0 Å². The summed E-state index contributed by atoms with van der Waals surface area (Å²) in [7, 11) is 1.75. The second-order valence-electron chi connectivity index (χ2n) is 12.2. The molecule has 218 valence electrons. The van der Waals surface area contributed by atoms with Crippen LogP contribution in [0.1, 0.15) is 44.7 Å². The molecule has 3 fully saturated rings. The van der Waals surface area contributed by atoms with E-state index in [1.165, 1.54) is 0 Å². The molecule has 7 nitrogen and oxygen atoms in total. The first kappa shape index (κ1) is 30.4. The van der Waals surface area contributed by atoms with Crippen LogP contribution in [-0.2, 0) is 14.4 Å². The van der Waals surface area contributed by atoms with Gasteiger partial charge in [-0.3, -0.25) is 14.4 Å². The van der Waals surface area contributed by atoms with Crippen LogP contribution < -0.4 is 4.90 Å². The molecule has 1 N–H and O–H groups in total. The summed E-state index contributed by atoms with van der Waals surface area (Å²) < 4.78 is -0.755. The zero-order valence-corrected chi connectivity index (χ0v) is 25.6. The van der Waals surface area contributed by atoms with Gasteiger partial charge in [-0.1, -0.05) is 51.1 Å². The first-order valence-corrected chi connectivity index (χ1v) is 15.3. The predicted molar refractivity (Wildman–Crippen MR) is 162 cm³/mol. The highest BCUT2D eigenvalue weighted by Crippen LogP contribution is 2.69. The second-order valence-corrected chi connectivity index (χ2v) is 13.8. The number of fused-ring (bicyclic) bond motifs is 1. The molecule has 1 aromatic rings. The molecule has 0 aromatic heterocycles. The molecule has 4 rings (SSSR count). The molecule has 0 aliphatic carbocycles. The number of carbonyl (C=O) groups is 3. The Balaban J connectivity index is 1.90. The summed E-state index contributed by atoms with van der Waals surface area (Å²) in [4.78, 5) is 48.4. The fourth-order valence-electron chi connectivity index (χ4n) is 7.57. The van der Waals surface area contributed by atoms with Crippen molar-refractivity contribution >= 4 is 35.2 Å². The lowest BCUT2D eigenvalue weighted by Crippen LogP contribution is -2.59. The Kier molecular flexibility index (Phi) is 8.91. The lowest BCUT2D eigenvalue weighted by atomic mass is 9.65.